The van der Waals surface area contributed by atoms with Gasteiger partial charge in [0.2, 0.25) is 0 Å². The molecule has 7 nitrogen and oxygen atoms in total. The van der Waals surface area contributed by atoms with Crippen molar-refractivity contribution in [3.8, 4) is 0 Å². The molecule has 1 aromatic heterocycles. The van der Waals surface area contributed by atoms with Crippen molar-refractivity contribution in [3.63, 3.8) is 0 Å². The first-order chi connectivity index (χ1) is 13.0. The summed E-state index contributed by atoms with van der Waals surface area (Å²) >= 11 is 0. The number of hydrogen-bond donors (Lipinski definition) is 3. The van der Waals surface area contributed by atoms with Crippen LogP contribution in [0.15, 0.2) is 36.5 Å². The molecule has 0 aliphatic carbocycles. The second-order valence-electron chi connectivity index (χ2n) is 6.79. The topological polar surface area (TPSA) is 98.6 Å². The van der Waals surface area contributed by atoms with Crippen LogP contribution in [0.1, 0.15) is 30.8 Å². The summed E-state index contributed by atoms with van der Waals surface area (Å²) in [5, 5.41) is 23.5. The number of benzene rings is 1. The number of aliphatic hydroxyl groups excluding tert-OH is 1. The Kier molecular flexibility index (Phi) is 5.91. The standard InChI is InChI=1S/C20H26N4O3/c1-3-14-11-21-15(4-2)19(22-14)23-18-16(10-13-8-6-5-7-9-13)24(20(26)27)12-17(18)25/h5-9,11,16-18,25H,3-4,10,12H2,1-2H3,(H,22,23)(H,26,27)/t16?,17-,18+/m0/s1. The molecular weight excluding hydrogens is 344 g/mol. The largest absolute Gasteiger partial charge is 0.465 e. The monoisotopic (exact) mass is 370 g/mol. The Morgan fingerprint density at radius 2 is 2.00 bits per heavy atom. The Morgan fingerprint density at radius 1 is 1.26 bits per heavy atom. The van der Waals surface area contributed by atoms with E-state index in [2.05, 4.69) is 15.3 Å². The van der Waals surface area contributed by atoms with E-state index in [1.165, 1.54) is 4.90 Å². The normalized spacial score (nSPS) is 22.0. The quantitative estimate of drug-likeness (QED) is 0.722. The molecule has 27 heavy (non-hydrogen) atoms. The van der Waals surface area contributed by atoms with Crippen molar-refractivity contribution in [2.45, 2.75) is 51.3 Å². The van der Waals surface area contributed by atoms with Crippen LogP contribution in [0.5, 0.6) is 0 Å². The second kappa shape index (κ2) is 8.35. The fraction of sp³-hybridized carbons (Fsp3) is 0.450. The Bertz CT molecular complexity index is 784. The average Bonchev–Trinajstić information content (AvgIpc) is 2.98. The summed E-state index contributed by atoms with van der Waals surface area (Å²) in [7, 11) is 0. The predicted octanol–water partition coefficient (Wildman–Crippen LogP) is 2.35. The number of amides is 1. The molecule has 2 heterocycles. The molecule has 1 aliphatic heterocycles. The number of β-amino-alcohol motifs (C(OH)–C–C–N with tert-alkyl or cyclic N) is 1. The summed E-state index contributed by atoms with van der Waals surface area (Å²) in [5.74, 6) is 0.631. The highest BCUT2D eigenvalue weighted by molar-refractivity contribution is 5.66. The molecule has 1 unspecified atom stereocenters. The third-order valence-corrected chi connectivity index (χ3v) is 5.05. The second-order valence-corrected chi connectivity index (χ2v) is 6.79. The Labute approximate surface area is 159 Å². The van der Waals surface area contributed by atoms with Crippen LogP contribution >= 0.6 is 0 Å². The minimum absolute atomic E-state index is 0.0762. The fourth-order valence-corrected chi connectivity index (χ4v) is 3.56. The molecule has 7 heteroatoms. The van der Waals surface area contributed by atoms with Gasteiger partial charge in [0.1, 0.15) is 5.82 Å². The highest BCUT2D eigenvalue weighted by atomic mass is 16.4. The van der Waals surface area contributed by atoms with Crippen LogP contribution in [0.2, 0.25) is 0 Å². The average molecular weight is 370 g/mol. The van der Waals surface area contributed by atoms with Crippen LogP contribution in [-0.4, -0.2) is 55.9 Å². The summed E-state index contributed by atoms with van der Waals surface area (Å²) in [6, 6.07) is 8.88. The third kappa shape index (κ3) is 4.19. The fourth-order valence-electron chi connectivity index (χ4n) is 3.56. The van der Waals surface area contributed by atoms with Crippen molar-refractivity contribution >= 4 is 11.9 Å². The summed E-state index contributed by atoms with van der Waals surface area (Å²) < 4.78 is 0. The van der Waals surface area contributed by atoms with Crippen LogP contribution in [0, 0.1) is 0 Å². The van der Waals surface area contributed by atoms with Gasteiger partial charge in [0, 0.05) is 6.20 Å². The third-order valence-electron chi connectivity index (χ3n) is 5.05. The summed E-state index contributed by atoms with van der Waals surface area (Å²) in [4.78, 5) is 22.1. The molecule has 1 saturated heterocycles. The lowest BCUT2D eigenvalue weighted by atomic mass is 9.99. The molecule has 0 spiro atoms. The molecule has 2 aromatic rings. The molecule has 3 atom stereocenters. The van der Waals surface area contributed by atoms with Gasteiger partial charge in [-0.3, -0.25) is 4.98 Å². The molecule has 1 aliphatic rings. The number of nitrogens with one attached hydrogen (secondary N) is 1. The van der Waals surface area contributed by atoms with E-state index in [4.69, 9.17) is 0 Å². The minimum atomic E-state index is -1.02. The lowest BCUT2D eigenvalue weighted by Gasteiger charge is -2.28. The van der Waals surface area contributed by atoms with E-state index < -0.39 is 24.3 Å². The lowest BCUT2D eigenvalue weighted by Crippen LogP contribution is -2.44. The van der Waals surface area contributed by atoms with Gasteiger partial charge < -0.3 is 20.4 Å². The number of aromatic nitrogens is 2. The van der Waals surface area contributed by atoms with Crippen molar-refractivity contribution in [3.05, 3.63) is 53.5 Å². The van der Waals surface area contributed by atoms with Crippen molar-refractivity contribution < 1.29 is 15.0 Å². The van der Waals surface area contributed by atoms with Gasteiger partial charge >= 0.3 is 6.09 Å². The van der Waals surface area contributed by atoms with Gasteiger partial charge in [-0.25, -0.2) is 9.78 Å². The highest BCUT2D eigenvalue weighted by Gasteiger charge is 2.43. The molecule has 0 saturated carbocycles. The van der Waals surface area contributed by atoms with Crippen molar-refractivity contribution in [2.75, 3.05) is 11.9 Å². The van der Waals surface area contributed by atoms with Crippen molar-refractivity contribution in [1.29, 1.82) is 0 Å². The van der Waals surface area contributed by atoms with E-state index in [1.807, 2.05) is 44.2 Å². The van der Waals surface area contributed by atoms with Gasteiger partial charge in [-0.2, -0.15) is 0 Å². The first-order valence-electron chi connectivity index (χ1n) is 9.36. The summed E-state index contributed by atoms with van der Waals surface area (Å²) in [6.07, 6.45) is 1.90. The van der Waals surface area contributed by atoms with Crippen LogP contribution in [-0.2, 0) is 19.3 Å². The number of anilines is 1. The van der Waals surface area contributed by atoms with Gasteiger partial charge in [0.15, 0.2) is 0 Å². The van der Waals surface area contributed by atoms with Crippen LogP contribution in [0.3, 0.4) is 0 Å². The number of aliphatic hydroxyl groups is 1. The smallest absolute Gasteiger partial charge is 0.407 e. The summed E-state index contributed by atoms with van der Waals surface area (Å²) in [6.45, 7) is 4.08. The van der Waals surface area contributed by atoms with Crippen LogP contribution < -0.4 is 5.32 Å². The maximum atomic E-state index is 11.7. The molecule has 144 valence electrons. The SMILES string of the molecule is CCc1cnc(CC)c(N[C@@H]2C(Cc3ccccc3)N(C(=O)O)C[C@@H]2O)n1. The zero-order chi connectivity index (χ0) is 19.4. The van der Waals surface area contributed by atoms with Gasteiger partial charge in [0.05, 0.1) is 36.1 Å². The molecule has 1 aromatic carbocycles. The van der Waals surface area contributed by atoms with Gasteiger partial charge in [-0.1, -0.05) is 44.2 Å². The van der Waals surface area contributed by atoms with E-state index in [0.717, 1.165) is 23.4 Å². The minimum Gasteiger partial charge on any atom is -0.465 e. The first-order valence-corrected chi connectivity index (χ1v) is 9.36. The molecule has 3 rings (SSSR count). The Balaban J connectivity index is 1.90. The van der Waals surface area contributed by atoms with Gasteiger partial charge in [-0.05, 0) is 24.8 Å². The van der Waals surface area contributed by atoms with E-state index in [-0.39, 0.29) is 6.54 Å². The first kappa shape index (κ1) is 19.1. The van der Waals surface area contributed by atoms with E-state index >= 15 is 0 Å². The Morgan fingerprint density at radius 3 is 2.63 bits per heavy atom. The maximum Gasteiger partial charge on any atom is 0.407 e. The molecule has 3 N–H and O–H groups in total. The number of carboxylic acid groups (broad SMARTS) is 1. The van der Waals surface area contributed by atoms with Crippen molar-refractivity contribution in [1.82, 2.24) is 14.9 Å². The zero-order valence-corrected chi connectivity index (χ0v) is 15.7. The van der Waals surface area contributed by atoms with E-state index in [0.29, 0.717) is 18.7 Å². The highest BCUT2D eigenvalue weighted by Crippen LogP contribution is 2.26. The lowest BCUT2D eigenvalue weighted by molar-refractivity contribution is 0.131. The number of likely N-dealkylation sites (tertiary alicyclic amines) is 1. The number of aryl methyl sites for hydroxylation is 2. The van der Waals surface area contributed by atoms with Crippen LogP contribution in [0.25, 0.3) is 0 Å². The Hall–Kier alpha value is -2.67. The molecule has 1 fully saturated rings. The van der Waals surface area contributed by atoms with Crippen molar-refractivity contribution in [2.24, 2.45) is 0 Å². The number of hydrogen-bond acceptors (Lipinski definition) is 5. The number of carbonyl (C=O) groups is 1. The van der Waals surface area contributed by atoms with E-state index in [9.17, 15) is 15.0 Å². The molecule has 0 radical (unpaired) electrons. The zero-order valence-electron chi connectivity index (χ0n) is 15.7. The predicted molar refractivity (Wildman–Crippen MR) is 103 cm³/mol. The molecule has 1 amide bonds. The number of nitrogens with zero attached hydrogens (tertiary/aromatic N) is 3. The maximum absolute atomic E-state index is 11.7. The number of rotatable bonds is 6. The van der Waals surface area contributed by atoms with Gasteiger partial charge in [0.25, 0.3) is 0 Å². The molecule has 0 bridgehead atoms. The molecular formula is C20H26N4O3. The van der Waals surface area contributed by atoms with Crippen LogP contribution in [0.4, 0.5) is 10.6 Å². The summed E-state index contributed by atoms with van der Waals surface area (Å²) in [5.41, 5.74) is 2.70. The van der Waals surface area contributed by atoms with E-state index in [1.54, 1.807) is 6.20 Å². The van der Waals surface area contributed by atoms with Gasteiger partial charge in [-0.15, -0.1) is 0 Å².